The van der Waals surface area contributed by atoms with Gasteiger partial charge in [0.25, 0.3) is 5.91 Å². The van der Waals surface area contributed by atoms with Crippen LogP contribution >= 0.6 is 0 Å². The molecule has 1 unspecified atom stereocenters. The molecule has 1 aliphatic heterocycles. The van der Waals surface area contributed by atoms with Crippen LogP contribution in [0.15, 0.2) is 42.5 Å². The third kappa shape index (κ3) is 5.01. The van der Waals surface area contributed by atoms with Crippen molar-refractivity contribution in [2.24, 2.45) is 0 Å². The van der Waals surface area contributed by atoms with Crippen LogP contribution in [0.2, 0.25) is 0 Å². The molecular weight excluding hydrogens is 368 g/mol. The summed E-state index contributed by atoms with van der Waals surface area (Å²) in [5, 5.41) is 2.97. The number of carbonyl (C=O) groups excluding carboxylic acids is 1. The summed E-state index contributed by atoms with van der Waals surface area (Å²) in [4.78, 5) is 14.5. The molecule has 0 aliphatic carbocycles. The number of nitrogens with zero attached hydrogens (tertiary/aromatic N) is 1. The van der Waals surface area contributed by atoms with E-state index in [1.807, 2.05) is 70.4 Å². The summed E-state index contributed by atoms with van der Waals surface area (Å²) in [6.45, 7) is 4.48. The Bertz CT molecular complexity index is 864. The van der Waals surface area contributed by atoms with Crippen LogP contribution in [-0.2, 0) is 11.2 Å². The van der Waals surface area contributed by atoms with E-state index in [2.05, 4.69) is 10.2 Å². The van der Waals surface area contributed by atoms with E-state index < -0.39 is 0 Å². The van der Waals surface area contributed by atoms with Crippen LogP contribution in [0.25, 0.3) is 0 Å². The second-order valence-corrected chi connectivity index (χ2v) is 8.10. The molecule has 0 spiro atoms. The molecule has 0 saturated heterocycles. The van der Waals surface area contributed by atoms with E-state index in [4.69, 9.17) is 14.2 Å². The maximum absolute atomic E-state index is 12.4. The van der Waals surface area contributed by atoms with Crippen molar-refractivity contribution >= 4 is 5.91 Å². The standard InChI is InChI=1S/C23H30N2O4/c1-23(2)13-16-9-8-12-20(22(16)29-23)28-15-21(26)24-14-18(25(3)4)17-10-6-7-11-19(17)27-5/h6-12,18H,13-15H2,1-5H3,(H,24,26). The smallest absolute Gasteiger partial charge is 0.258 e. The van der Waals surface area contributed by atoms with Crippen LogP contribution < -0.4 is 19.5 Å². The molecule has 2 aromatic carbocycles. The SMILES string of the molecule is COc1ccccc1C(CNC(=O)COc1cccc2c1OC(C)(C)C2)N(C)C. The predicted octanol–water partition coefficient (Wildman–Crippen LogP) is 3.21. The van der Waals surface area contributed by atoms with E-state index in [9.17, 15) is 4.79 Å². The van der Waals surface area contributed by atoms with Gasteiger partial charge >= 0.3 is 0 Å². The van der Waals surface area contributed by atoms with Crippen molar-refractivity contribution in [3.8, 4) is 17.2 Å². The number of para-hydroxylation sites is 2. The normalized spacial score (nSPS) is 15.4. The highest BCUT2D eigenvalue weighted by molar-refractivity contribution is 5.77. The molecule has 1 amide bonds. The van der Waals surface area contributed by atoms with Gasteiger partial charge in [-0.05, 0) is 40.1 Å². The van der Waals surface area contributed by atoms with Crippen molar-refractivity contribution < 1.29 is 19.0 Å². The van der Waals surface area contributed by atoms with E-state index >= 15 is 0 Å². The minimum absolute atomic E-state index is 0.0137. The molecule has 0 bridgehead atoms. The number of hydrogen-bond acceptors (Lipinski definition) is 5. The number of ether oxygens (including phenoxy) is 3. The molecule has 2 aromatic rings. The van der Waals surface area contributed by atoms with Gasteiger partial charge in [0.15, 0.2) is 18.1 Å². The largest absolute Gasteiger partial charge is 0.496 e. The predicted molar refractivity (Wildman–Crippen MR) is 113 cm³/mol. The molecular formula is C23H30N2O4. The molecule has 156 valence electrons. The van der Waals surface area contributed by atoms with Gasteiger partial charge in [0.1, 0.15) is 11.4 Å². The van der Waals surface area contributed by atoms with Crippen molar-refractivity contribution in [1.82, 2.24) is 10.2 Å². The van der Waals surface area contributed by atoms with Gasteiger partial charge in [0, 0.05) is 24.1 Å². The van der Waals surface area contributed by atoms with Crippen LogP contribution in [0, 0.1) is 0 Å². The van der Waals surface area contributed by atoms with Gasteiger partial charge in [-0.1, -0.05) is 30.3 Å². The summed E-state index contributed by atoms with van der Waals surface area (Å²) in [6, 6.07) is 13.6. The number of hydrogen-bond donors (Lipinski definition) is 1. The maximum atomic E-state index is 12.4. The number of methoxy groups -OCH3 is 1. The minimum Gasteiger partial charge on any atom is -0.496 e. The van der Waals surface area contributed by atoms with E-state index in [0.717, 1.165) is 29.0 Å². The molecule has 1 aliphatic rings. The first-order valence-corrected chi connectivity index (χ1v) is 9.80. The Morgan fingerprint density at radius 2 is 1.90 bits per heavy atom. The van der Waals surface area contributed by atoms with Gasteiger partial charge in [-0.3, -0.25) is 4.79 Å². The lowest BCUT2D eigenvalue weighted by Crippen LogP contribution is -2.37. The Kier molecular flexibility index (Phi) is 6.33. The van der Waals surface area contributed by atoms with Gasteiger partial charge in [0.2, 0.25) is 0 Å². The molecule has 3 rings (SSSR count). The van der Waals surface area contributed by atoms with Gasteiger partial charge in [-0.2, -0.15) is 0 Å². The van der Waals surface area contributed by atoms with Gasteiger partial charge in [-0.25, -0.2) is 0 Å². The average Bonchev–Trinajstić information content (AvgIpc) is 3.01. The van der Waals surface area contributed by atoms with E-state index in [0.29, 0.717) is 12.3 Å². The molecule has 0 fully saturated rings. The monoisotopic (exact) mass is 398 g/mol. The van der Waals surface area contributed by atoms with Crippen LogP contribution in [0.5, 0.6) is 17.2 Å². The molecule has 1 atom stereocenters. The lowest BCUT2D eigenvalue weighted by Gasteiger charge is -2.26. The number of benzene rings is 2. The lowest BCUT2D eigenvalue weighted by atomic mass is 10.0. The fourth-order valence-corrected chi connectivity index (χ4v) is 3.62. The van der Waals surface area contributed by atoms with E-state index in [1.165, 1.54) is 0 Å². The maximum Gasteiger partial charge on any atom is 0.258 e. The van der Waals surface area contributed by atoms with Gasteiger partial charge in [0.05, 0.1) is 13.2 Å². The molecule has 6 nitrogen and oxygen atoms in total. The second-order valence-electron chi connectivity index (χ2n) is 8.10. The number of rotatable bonds is 8. The summed E-state index contributed by atoms with van der Waals surface area (Å²) in [6.07, 6.45) is 0.829. The van der Waals surface area contributed by atoms with Crippen LogP contribution in [0.1, 0.15) is 31.0 Å². The zero-order valence-corrected chi connectivity index (χ0v) is 17.8. The fraction of sp³-hybridized carbons (Fsp3) is 0.435. The van der Waals surface area contributed by atoms with Crippen LogP contribution in [0.4, 0.5) is 0 Å². The van der Waals surface area contributed by atoms with Crippen LogP contribution in [-0.4, -0.2) is 50.8 Å². The zero-order chi connectivity index (χ0) is 21.0. The summed E-state index contributed by atoms with van der Waals surface area (Å²) in [7, 11) is 5.61. The van der Waals surface area contributed by atoms with E-state index in [-0.39, 0.29) is 24.2 Å². The number of amides is 1. The topological polar surface area (TPSA) is 60.0 Å². The molecule has 29 heavy (non-hydrogen) atoms. The molecule has 6 heteroatoms. The Morgan fingerprint density at radius 3 is 2.62 bits per heavy atom. The number of fused-ring (bicyclic) bond motifs is 1. The van der Waals surface area contributed by atoms with E-state index in [1.54, 1.807) is 7.11 Å². The van der Waals surface area contributed by atoms with Crippen molar-refractivity contribution in [1.29, 1.82) is 0 Å². The molecule has 0 radical (unpaired) electrons. The van der Waals surface area contributed by atoms with Crippen molar-refractivity contribution in [3.63, 3.8) is 0 Å². The first-order valence-electron chi connectivity index (χ1n) is 9.80. The fourth-order valence-electron chi connectivity index (χ4n) is 3.62. The zero-order valence-electron chi connectivity index (χ0n) is 17.8. The highest BCUT2D eigenvalue weighted by Gasteiger charge is 2.32. The first-order chi connectivity index (χ1) is 13.8. The Hall–Kier alpha value is -2.73. The second kappa shape index (κ2) is 8.74. The van der Waals surface area contributed by atoms with Crippen molar-refractivity contribution in [2.45, 2.75) is 31.9 Å². The summed E-state index contributed by atoms with van der Waals surface area (Å²) in [5.41, 5.74) is 1.88. The number of nitrogens with one attached hydrogen (secondary N) is 1. The first kappa shape index (κ1) is 21.0. The summed E-state index contributed by atoms with van der Waals surface area (Å²) in [5.74, 6) is 1.97. The van der Waals surface area contributed by atoms with Crippen molar-refractivity contribution in [3.05, 3.63) is 53.6 Å². The number of likely N-dealkylation sites (N-methyl/N-ethyl adjacent to an activating group) is 1. The molecule has 1 heterocycles. The lowest BCUT2D eigenvalue weighted by molar-refractivity contribution is -0.123. The molecule has 1 N–H and O–H groups in total. The Morgan fingerprint density at radius 1 is 1.17 bits per heavy atom. The van der Waals surface area contributed by atoms with Gasteiger partial charge in [-0.15, -0.1) is 0 Å². The van der Waals surface area contributed by atoms with Crippen LogP contribution in [0.3, 0.4) is 0 Å². The minimum atomic E-state index is -0.252. The Labute approximate surface area is 172 Å². The quantitative estimate of drug-likeness (QED) is 0.740. The van der Waals surface area contributed by atoms with Crippen molar-refractivity contribution in [2.75, 3.05) is 34.4 Å². The van der Waals surface area contributed by atoms with Gasteiger partial charge < -0.3 is 24.4 Å². The summed E-state index contributed by atoms with van der Waals surface area (Å²) < 4.78 is 17.2. The highest BCUT2D eigenvalue weighted by atomic mass is 16.5. The average molecular weight is 399 g/mol. The molecule has 0 aromatic heterocycles. The third-order valence-corrected chi connectivity index (χ3v) is 5.03. The molecule has 0 saturated carbocycles. The third-order valence-electron chi connectivity index (χ3n) is 5.03. The highest BCUT2D eigenvalue weighted by Crippen LogP contribution is 2.41. The summed E-state index contributed by atoms with van der Waals surface area (Å²) >= 11 is 0. The Balaban J connectivity index is 1.60. The number of carbonyl (C=O) groups is 1.